The van der Waals surface area contributed by atoms with Crippen molar-refractivity contribution in [3.05, 3.63) is 107 Å². The summed E-state index contributed by atoms with van der Waals surface area (Å²) in [7, 11) is 0. The van der Waals surface area contributed by atoms with E-state index in [0.717, 1.165) is 53.9 Å². The van der Waals surface area contributed by atoms with Gasteiger partial charge in [0, 0.05) is 27.5 Å². The summed E-state index contributed by atoms with van der Waals surface area (Å²) in [5.41, 5.74) is 5.54. The number of rotatable bonds is 4. The lowest BCUT2D eigenvalue weighted by molar-refractivity contribution is 0.102. The number of aliphatic imine (C=N–C) groups is 1. The fraction of sp³-hybridized carbons (Fsp3) is 0.154. The average molecular weight is 415 g/mol. The third-order valence-corrected chi connectivity index (χ3v) is 5.34. The number of halogens is 1. The van der Waals surface area contributed by atoms with E-state index in [2.05, 4.69) is 23.5 Å². The van der Waals surface area contributed by atoms with Gasteiger partial charge in [-0.1, -0.05) is 60.1 Å². The molecule has 0 unspecified atom stereocenters. The third-order valence-electron chi connectivity index (χ3n) is 5.09. The normalized spacial score (nSPS) is 14.2. The quantitative estimate of drug-likeness (QED) is 0.490. The van der Waals surface area contributed by atoms with Crippen LogP contribution in [0.15, 0.2) is 89.9 Å². The Bertz CT molecular complexity index is 1090. The van der Waals surface area contributed by atoms with Crippen molar-refractivity contribution in [2.24, 2.45) is 4.99 Å². The van der Waals surface area contributed by atoms with E-state index in [1.54, 1.807) is 24.3 Å². The van der Waals surface area contributed by atoms with E-state index in [1.165, 1.54) is 0 Å². The molecule has 4 heteroatoms. The maximum atomic E-state index is 12.6. The first-order valence-corrected chi connectivity index (χ1v) is 10.6. The summed E-state index contributed by atoms with van der Waals surface area (Å²) >= 11 is 5.91. The summed E-state index contributed by atoms with van der Waals surface area (Å²) in [5, 5.41) is 3.58. The molecule has 3 aromatic rings. The average Bonchev–Trinajstić information content (AvgIpc) is 2.75. The highest BCUT2D eigenvalue weighted by Crippen LogP contribution is 2.25. The number of allylic oxidation sites excluding steroid dienone is 1. The molecular weight excluding hydrogens is 392 g/mol. The number of benzene rings is 3. The summed E-state index contributed by atoms with van der Waals surface area (Å²) in [4.78, 5) is 17.6. The van der Waals surface area contributed by atoms with Crippen LogP contribution in [0.5, 0.6) is 0 Å². The molecule has 0 saturated carbocycles. The van der Waals surface area contributed by atoms with Crippen LogP contribution in [0.1, 0.15) is 47.2 Å². The van der Waals surface area contributed by atoms with Gasteiger partial charge in [-0.25, -0.2) is 0 Å². The van der Waals surface area contributed by atoms with Crippen molar-refractivity contribution >= 4 is 34.6 Å². The van der Waals surface area contributed by atoms with Crippen molar-refractivity contribution in [3.8, 4) is 0 Å². The molecule has 0 bridgehead atoms. The van der Waals surface area contributed by atoms with E-state index < -0.39 is 0 Å². The number of nitrogens with zero attached hydrogens (tertiary/aromatic N) is 1. The number of carbonyl (C=O) groups excluding carboxylic acids is 1. The molecule has 3 aromatic carbocycles. The van der Waals surface area contributed by atoms with Crippen molar-refractivity contribution in [1.82, 2.24) is 0 Å². The fourth-order valence-electron chi connectivity index (χ4n) is 3.51. The minimum atomic E-state index is -0.163. The van der Waals surface area contributed by atoms with Crippen molar-refractivity contribution in [2.75, 3.05) is 5.32 Å². The molecule has 0 spiro atoms. The van der Waals surface area contributed by atoms with Crippen LogP contribution in [0.25, 0.3) is 5.70 Å². The first-order chi connectivity index (χ1) is 14.7. The summed E-state index contributed by atoms with van der Waals surface area (Å²) in [6.07, 6.45) is 6.44. The van der Waals surface area contributed by atoms with Crippen LogP contribution >= 0.6 is 11.6 Å². The molecule has 0 aliphatic carbocycles. The molecule has 1 aliphatic heterocycles. The second kappa shape index (κ2) is 9.55. The molecule has 0 aromatic heterocycles. The Morgan fingerprint density at radius 2 is 1.63 bits per heavy atom. The van der Waals surface area contributed by atoms with Crippen LogP contribution in [-0.4, -0.2) is 11.6 Å². The zero-order valence-electron chi connectivity index (χ0n) is 16.6. The first kappa shape index (κ1) is 20.1. The largest absolute Gasteiger partial charge is 0.322 e. The van der Waals surface area contributed by atoms with Crippen LogP contribution in [0.4, 0.5) is 5.69 Å². The van der Waals surface area contributed by atoms with Gasteiger partial charge in [-0.3, -0.25) is 9.79 Å². The van der Waals surface area contributed by atoms with E-state index in [4.69, 9.17) is 16.6 Å². The standard InChI is InChI=1S/C26H23ClN2O/c27-22-16-14-20(15-17-22)26(30)28-23-11-7-10-21(18-23)25-13-6-2-5-12-24(29-25)19-8-3-1-4-9-19/h1,3-4,7-11,13-18H,2,5-6,12H2,(H,28,30). The number of nitrogens with one attached hydrogen (secondary N) is 1. The number of hydrogen-bond donors (Lipinski definition) is 1. The number of carbonyl (C=O) groups is 1. The van der Waals surface area contributed by atoms with Crippen molar-refractivity contribution < 1.29 is 4.79 Å². The monoisotopic (exact) mass is 414 g/mol. The van der Waals surface area contributed by atoms with Crippen molar-refractivity contribution in [2.45, 2.75) is 25.7 Å². The summed E-state index contributed by atoms with van der Waals surface area (Å²) in [6.45, 7) is 0. The Morgan fingerprint density at radius 3 is 2.43 bits per heavy atom. The molecule has 1 amide bonds. The molecular formula is C26H23ClN2O. The van der Waals surface area contributed by atoms with Crippen molar-refractivity contribution in [1.29, 1.82) is 0 Å². The number of hydrogen-bond acceptors (Lipinski definition) is 2. The van der Waals surface area contributed by atoms with Gasteiger partial charge in [0.1, 0.15) is 0 Å². The van der Waals surface area contributed by atoms with Gasteiger partial charge < -0.3 is 5.32 Å². The van der Waals surface area contributed by atoms with Crippen molar-refractivity contribution in [3.63, 3.8) is 0 Å². The lowest BCUT2D eigenvalue weighted by atomic mass is 10.0. The van der Waals surface area contributed by atoms with Crippen LogP contribution in [0.3, 0.4) is 0 Å². The fourth-order valence-corrected chi connectivity index (χ4v) is 3.63. The Balaban J connectivity index is 1.60. The molecule has 30 heavy (non-hydrogen) atoms. The number of anilines is 1. The van der Waals surface area contributed by atoms with E-state index in [-0.39, 0.29) is 5.91 Å². The lowest BCUT2D eigenvalue weighted by Crippen LogP contribution is -2.11. The molecule has 4 rings (SSSR count). The highest BCUT2D eigenvalue weighted by Gasteiger charge is 2.11. The second-order valence-corrected chi connectivity index (χ2v) is 7.74. The summed E-state index contributed by atoms with van der Waals surface area (Å²) < 4.78 is 0. The van der Waals surface area contributed by atoms with Crippen LogP contribution in [-0.2, 0) is 0 Å². The minimum absolute atomic E-state index is 0.163. The van der Waals surface area contributed by atoms with Gasteiger partial charge in [-0.05, 0) is 67.6 Å². The van der Waals surface area contributed by atoms with Gasteiger partial charge in [0.15, 0.2) is 0 Å². The molecule has 1 aliphatic rings. The summed E-state index contributed by atoms with van der Waals surface area (Å²) in [6, 6.07) is 25.1. The molecule has 1 heterocycles. The van der Waals surface area contributed by atoms with E-state index in [1.807, 2.05) is 42.5 Å². The van der Waals surface area contributed by atoms with E-state index >= 15 is 0 Å². The maximum absolute atomic E-state index is 12.6. The Hall–Kier alpha value is -3.17. The number of amides is 1. The molecule has 0 radical (unpaired) electrons. The second-order valence-electron chi connectivity index (χ2n) is 7.30. The summed E-state index contributed by atoms with van der Waals surface area (Å²) in [5.74, 6) is -0.163. The van der Waals surface area contributed by atoms with Crippen LogP contribution < -0.4 is 5.32 Å². The smallest absolute Gasteiger partial charge is 0.255 e. The molecule has 150 valence electrons. The van der Waals surface area contributed by atoms with E-state index in [9.17, 15) is 4.79 Å². The van der Waals surface area contributed by atoms with Gasteiger partial charge in [0.05, 0.1) is 5.70 Å². The Labute approximate surface area is 182 Å². The minimum Gasteiger partial charge on any atom is -0.322 e. The van der Waals surface area contributed by atoms with Gasteiger partial charge in [-0.15, -0.1) is 0 Å². The Morgan fingerprint density at radius 1 is 0.867 bits per heavy atom. The predicted octanol–water partition coefficient (Wildman–Crippen LogP) is 7.00. The first-order valence-electron chi connectivity index (χ1n) is 10.2. The highest BCUT2D eigenvalue weighted by atomic mass is 35.5. The van der Waals surface area contributed by atoms with Crippen LogP contribution in [0.2, 0.25) is 5.02 Å². The van der Waals surface area contributed by atoms with Crippen LogP contribution in [0, 0.1) is 0 Å². The molecule has 0 saturated heterocycles. The lowest BCUT2D eigenvalue weighted by Gasteiger charge is -2.13. The molecule has 1 N–H and O–H groups in total. The SMILES string of the molecule is O=C(Nc1cccc(C2=CCCCCC(c3ccccc3)=N2)c1)c1ccc(Cl)cc1. The van der Waals surface area contributed by atoms with Gasteiger partial charge in [-0.2, -0.15) is 0 Å². The maximum Gasteiger partial charge on any atom is 0.255 e. The third kappa shape index (κ3) is 5.05. The Kier molecular flexibility index (Phi) is 6.41. The topological polar surface area (TPSA) is 41.5 Å². The predicted molar refractivity (Wildman–Crippen MR) is 125 cm³/mol. The highest BCUT2D eigenvalue weighted by molar-refractivity contribution is 6.30. The van der Waals surface area contributed by atoms with Gasteiger partial charge in [0.25, 0.3) is 5.91 Å². The molecule has 0 atom stereocenters. The van der Waals surface area contributed by atoms with Gasteiger partial charge in [0.2, 0.25) is 0 Å². The zero-order valence-corrected chi connectivity index (χ0v) is 17.4. The van der Waals surface area contributed by atoms with E-state index in [0.29, 0.717) is 10.6 Å². The molecule has 0 fully saturated rings. The molecule has 3 nitrogen and oxygen atoms in total. The van der Waals surface area contributed by atoms with Gasteiger partial charge >= 0.3 is 0 Å². The zero-order chi connectivity index (χ0) is 20.8.